The summed E-state index contributed by atoms with van der Waals surface area (Å²) in [5, 5.41) is 54.5. The topological polar surface area (TPSA) is 175 Å². The van der Waals surface area contributed by atoms with Gasteiger partial charge in [-0.05, 0) is 83.5 Å². The molecule has 1 amide bonds. The molecule has 7 atom stereocenters. The summed E-state index contributed by atoms with van der Waals surface area (Å²) in [6, 6.07) is -0.816. The Balaban J connectivity index is 2.07. The van der Waals surface area contributed by atoms with Crippen molar-refractivity contribution < 1.29 is 49.3 Å². The Bertz CT molecular complexity index is 1450. The van der Waals surface area contributed by atoms with Crippen LogP contribution in [-0.4, -0.2) is 100 Å². The molecule has 0 aromatic heterocycles. The van der Waals surface area contributed by atoms with E-state index in [1.54, 1.807) is 6.08 Å². The lowest BCUT2D eigenvalue weighted by Gasteiger charge is -2.40. The van der Waals surface area contributed by atoms with Crippen molar-refractivity contribution in [2.24, 2.45) is 0 Å². The Hall–Kier alpha value is -2.38. The molecule has 6 N–H and O–H groups in total. The van der Waals surface area contributed by atoms with Crippen LogP contribution in [0.2, 0.25) is 0 Å². The summed E-state index contributed by atoms with van der Waals surface area (Å²) >= 11 is 0. The average molecular weight is 1120 g/mol. The van der Waals surface area contributed by atoms with Gasteiger partial charge in [0.2, 0.25) is 5.91 Å². The van der Waals surface area contributed by atoms with Gasteiger partial charge in [0.15, 0.2) is 6.29 Å². The van der Waals surface area contributed by atoms with E-state index in [1.165, 1.54) is 199 Å². The largest absolute Gasteiger partial charge is 0.466 e. The van der Waals surface area contributed by atoms with Crippen LogP contribution in [0, 0.1) is 0 Å². The zero-order valence-corrected chi connectivity index (χ0v) is 51.1. The monoisotopic (exact) mass is 1120 g/mol. The first-order valence-corrected chi connectivity index (χ1v) is 33.4. The van der Waals surface area contributed by atoms with Crippen molar-refractivity contribution in [3.8, 4) is 0 Å². The van der Waals surface area contributed by atoms with Crippen LogP contribution in [0.15, 0.2) is 48.6 Å². The molecular weight excluding hydrogens is 991 g/mol. The number of amides is 1. The van der Waals surface area contributed by atoms with E-state index in [9.17, 15) is 35.1 Å². The van der Waals surface area contributed by atoms with Gasteiger partial charge in [0.05, 0.1) is 32.0 Å². The molecule has 0 aromatic rings. The number of esters is 1. The minimum atomic E-state index is -1.57. The van der Waals surface area contributed by atoms with Crippen LogP contribution < -0.4 is 5.32 Å². The van der Waals surface area contributed by atoms with E-state index >= 15 is 0 Å². The Morgan fingerprint density at radius 2 is 0.861 bits per heavy atom. The standard InChI is InChI=1S/C68H125NO10/c1-3-5-7-9-11-13-15-16-28-31-35-38-42-46-50-54-61(71)60(59-78-68-67(76)66(75)65(74)62(58-70)79-68)69-63(72)55-51-47-43-39-36-32-29-26-24-22-20-18-17-19-21-23-25-27-30-33-37-41-45-49-53-57-77-64(73)56-52-48-44-40-34-14-12-10-8-6-4-2/h10,12,18-21,50,54,60-62,65-68,70-71,74-76H,3-9,11,13-17,22-49,51-53,55-59H2,1-2H3,(H,69,72)/b12-10-,20-18-,21-19-,54-50+. The molecule has 0 saturated carbocycles. The van der Waals surface area contributed by atoms with Crippen molar-refractivity contribution in [3.63, 3.8) is 0 Å². The van der Waals surface area contributed by atoms with Gasteiger partial charge < -0.3 is 45.1 Å². The van der Waals surface area contributed by atoms with E-state index in [0.717, 1.165) is 83.5 Å². The predicted octanol–water partition coefficient (Wildman–Crippen LogP) is 16.4. The van der Waals surface area contributed by atoms with Gasteiger partial charge in [-0.1, -0.05) is 262 Å². The zero-order valence-electron chi connectivity index (χ0n) is 51.1. The number of rotatable bonds is 58. The van der Waals surface area contributed by atoms with Crippen molar-refractivity contribution >= 4 is 11.9 Å². The fourth-order valence-corrected chi connectivity index (χ4v) is 10.3. The predicted molar refractivity (Wildman–Crippen MR) is 329 cm³/mol. The fourth-order valence-electron chi connectivity index (χ4n) is 10.3. The molecule has 11 heteroatoms. The second-order valence-corrected chi connectivity index (χ2v) is 23.2. The maximum absolute atomic E-state index is 13.1. The number of ether oxygens (including phenoxy) is 3. The molecule has 1 aliphatic heterocycles. The Morgan fingerprint density at radius 1 is 0.468 bits per heavy atom. The van der Waals surface area contributed by atoms with Crippen LogP contribution in [0.25, 0.3) is 0 Å². The molecular formula is C68H125NO10. The van der Waals surface area contributed by atoms with Crippen LogP contribution in [0.3, 0.4) is 0 Å². The number of aliphatic hydroxyl groups is 5. The van der Waals surface area contributed by atoms with E-state index in [-0.39, 0.29) is 18.5 Å². The average Bonchev–Trinajstić information content (AvgIpc) is 3.46. The second kappa shape index (κ2) is 57.4. The van der Waals surface area contributed by atoms with Crippen molar-refractivity contribution in [2.75, 3.05) is 19.8 Å². The highest BCUT2D eigenvalue weighted by atomic mass is 16.7. The summed E-state index contributed by atoms with van der Waals surface area (Å²) in [6.45, 7) is 4.32. The van der Waals surface area contributed by atoms with Gasteiger partial charge in [0.1, 0.15) is 24.4 Å². The Morgan fingerprint density at radius 3 is 1.33 bits per heavy atom. The third kappa shape index (κ3) is 46.8. The van der Waals surface area contributed by atoms with Gasteiger partial charge in [-0.15, -0.1) is 0 Å². The number of allylic oxidation sites excluding steroid dienone is 7. The van der Waals surface area contributed by atoms with Crippen LogP contribution in [0.5, 0.6) is 0 Å². The van der Waals surface area contributed by atoms with Crippen LogP contribution in [0.1, 0.15) is 309 Å². The quantitative estimate of drug-likeness (QED) is 0.0195. The molecule has 0 aromatic carbocycles. The van der Waals surface area contributed by atoms with Crippen LogP contribution in [0.4, 0.5) is 0 Å². The van der Waals surface area contributed by atoms with E-state index in [0.29, 0.717) is 19.4 Å². The lowest BCUT2D eigenvalue weighted by molar-refractivity contribution is -0.302. The number of hydrogen-bond acceptors (Lipinski definition) is 10. The maximum Gasteiger partial charge on any atom is 0.305 e. The molecule has 0 bridgehead atoms. The molecule has 0 aliphatic carbocycles. The lowest BCUT2D eigenvalue weighted by Crippen LogP contribution is -2.60. The molecule has 462 valence electrons. The van der Waals surface area contributed by atoms with Gasteiger partial charge in [-0.3, -0.25) is 9.59 Å². The summed E-state index contributed by atoms with van der Waals surface area (Å²) in [5.41, 5.74) is 0. The molecule has 1 rings (SSSR count). The van der Waals surface area contributed by atoms with Gasteiger partial charge in [0.25, 0.3) is 0 Å². The smallest absolute Gasteiger partial charge is 0.305 e. The van der Waals surface area contributed by atoms with Gasteiger partial charge in [-0.25, -0.2) is 0 Å². The highest BCUT2D eigenvalue weighted by Gasteiger charge is 2.44. The summed E-state index contributed by atoms with van der Waals surface area (Å²) in [5.74, 6) is -0.199. The summed E-state index contributed by atoms with van der Waals surface area (Å²) in [6.07, 6.45) is 63.5. The van der Waals surface area contributed by atoms with Crippen LogP contribution >= 0.6 is 0 Å². The minimum absolute atomic E-state index is 0.0128. The van der Waals surface area contributed by atoms with Gasteiger partial charge in [-0.2, -0.15) is 0 Å². The lowest BCUT2D eigenvalue weighted by atomic mass is 9.99. The molecule has 1 saturated heterocycles. The van der Waals surface area contributed by atoms with E-state index < -0.39 is 49.5 Å². The fraction of sp³-hybridized carbons (Fsp3) is 0.853. The number of unbranched alkanes of at least 4 members (excludes halogenated alkanes) is 38. The van der Waals surface area contributed by atoms with Crippen molar-refractivity contribution in [1.29, 1.82) is 0 Å². The minimum Gasteiger partial charge on any atom is -0.466 e. The molecule has 1 heterocycles. The maximum atomic E-state index is 13.1. The zero-order chi connectivity index (χ0) is 57.3. The highest BCUT2D eigenvalue weighted by molar-refractivity contribution is 5.76. The molecule has 0 radical (unpaired) electrons. The third-order valence-corrected chi connectivity index (χ3v) is 15.7. The van der Waals surface area contributed by atoms with E-state index in [4.69, 9.17) is 14.2 Å². The van der Waals surface area contributed by atoms with Gasteiger partial charge in [0, 0.05) is 12.8 Å². The molecule has 0 spiro atoms. The SMILES string of the molecule is CCCC/C=C\CCCCCCCC(=O)OCCCCCCCCCCC/C=C\C/C=C\CCCCCCCCCCCC(=O)NC(COC1OC(CO)C(O)C(O)C1O)C(O)/C=C/CCCCCCCCCCCCCCC. The van der Waals surface area contributed by atoms with Gasteiger partial charge >= 0.3 is 5.97 Å². The Labute approximate surface area is 485 Å². The Kier molecular flexibility index (Phi) is 54.3. The number of nitrogens with one attached hydrogen (secondary N) is 1. The normalized spacial score (nSPS) is 18.7. The first-order valence-electron chi connectivity index (χ1n) is 33.4. The van der Waals surface area contributed by atoms with Crippen molar-refractivity contribution in [1.82, 2.24) is 5.32 Å². The van der Waals surface area contributed by atoms with Crippen molar-refractivity contribution in [3.05, 3.63) is 48.6 Å². The molecule has 11 nitrogen and oxygen atoms in total. The second-order valence-electron chi connectivity index (χ2n) is 23.2. The summed E-state index contributed by atoms with van der Waals surface area (Å²) < 4.78 is 16.7. The highest BCUT2D eigenvalue weighted by Crippen LogP contribution is 2.23. The number of aliphatic hydroxyl groups excluding tert-OH is 5. The number of hydrogen-bond donors (Lipinski definition) is 6. The first kappa shape index (κ1) is 74.6. The summed E-state index contributed by atoms with van der Waals surface area (Å²) in [7, 11) is 0. The van der Waals surface area contributed by atoms with Crippen LogP contribution in [-0.2, 0) is 23.8 Å². The molecule has 79 heavy (non-hydrogen) atoms. The number of carbonyl (C=O) groups excluding carboxylic acids is 2. The molecule has 7 unspecified atom stereocenters. The van der Waals surface area contributed by atoms with E-state index in [2.05, 4.69) is 55.6 Å². The first-order chi connectivity index (χ1) is 38.7. The molecule has 1 aliphatic rings. The van der Waals surface area contributed by atoms with Crippen molar-refractivity contribution in [2.45, 2.75) is 352 Å². The summed E-state index contributed by atoms with van der Waals surface area (Å²) in [4.78, 5) is 25.1. The molecule has 1 fully saturated rings. The number of carbonyl (C=O) groups is 2. The third-order valence-electron chi connectivity index (χ3n) is 15.7. The van der Waals surface area contributed by atoms with E-state index in [1.807, 2.05) is 6.08 Å².